The third-order valence-corrected chi connectivity index (χ3v) is 3.39. The standard InChI is InChI=1S/C12H27N.C2H6O3S/c1-4-7-10-13(11-8-5-2)12-9-6-3;1-5-6(2,3)4/h4-12H2,1-3H3;1-2H3. The minimum Gasteiger partial charge on any atom is -0.303 e. The SMILES string of the molecule is CCCCN(CCCC)CCCC.COS(C)(=O)=O. The summed E-state index contributed by atoms with van der Waals surface area (Å²) in [6, 6.07) is 0. The number of rotatable bonds is 10. The van der Waals surface area contributed by atoms with E-state index in [0.717, 1.165) is 13.4 Å². The van der Waals surface area contributed by atoms with Gasteiger partial charge < -0.3 is 4.90 Å². The quantitative estimate of drug-likeness (QED) is 0.580. The number of hydrogen-bond acceptors (Lipinski definition) is 4. The van der Waals surface area contributed by atoms with Crippen molar-refractivity contribution < 1.29 is 12.6 Å². The molecule has 0 bridgehead atoms. The van der Waals surface area contributed by atoms with E-state index in [1.807, 2.05) is 0 Å². The Morgan fingerprint density at radius 1 is 0.842 bits per heavy atom. The Kier molecular flexibility index (Phi) is 15.9. The summed E-state index contributed by atoms with van der Waals surface area (Å²) in [6.45, 7) is 10.8. The lowest BCUT2D eigenvalue weighted by atomic mass is 10.2. The van der Waals surface area contributed by atoms with Crippen LogP contribution in [-0.4, -0.2) is 46.3 Å². The van der Waals surface area contributed by atoms with Gasteiger partial charge in [-0.25, -0.2) is 0 Å². The van der Waals surface area contributed by atoms with Gasteiger partial charge in [-0.3, -0.25) is 4.18 Å². The smallest absolute Gasteiger partial charge is 0.264 e. The van der Waals surface area contributed by atoms with Crippen molar-refractivity contribution in [3.8, 4) is 0 Å². The van der Waals surface area contributed by atoms with Gasteiger partial charge in [0.15, 0.2) is 0 Å². The average molecular weight is 295 g/mol. The monoisotopic (exact) mass is 295 g/mol. The molecule has 0 aromatic heterocycles. The topological polar surface area (TPSA) is 46.6 Å². The lowest BCUT2D eigenvalue weighted by Gasteiger charge is -2.21. The molecule has 0 atom stereocenters. The molecule has 0 amide bonds. The van der Waals surface area contributed by atoms with Crippen LogP contribution in [0.2, 0.25) is 0 Å². The first-order valence-corrected chi connectivity index (χ1v) is 9.20. The lowest BCUT2D eigenvalue weighted by Crippen LogP contribution is -2.27. The second-order valence-electron chi connectivity index (χ2n) is 4.77. The predicted octanol–water partition coefficient (Wildman–Crippen LogP) is 3.28. The zero-order valence-corrected chi connectivity index (χ0v) is 14.3. The summed E-state index contributed by atoms with van der Waals surface area (Å²) in [5, 5.41) is 0. The molecule has 0 aliphatic rings. The summed E-state index contributed by atoms with van der Waals surface area (Å²) < 4.78 is 23.5. The molecule has 0 radical (unpaired) electrons. The van der Waals surface area contributed by atoms with E-state index in [2.05, 4.69) is 29.9 Å². The van der Waals surface area contributed by atoms with Gasteiger partial charge in [-0.15, -0.1) is 0 Å². The van der Waals surface area contributed by atoms with Crippen LogP contribution in [0.15, 0.2) is 0 Å². The molecule has 5 heteroatoms. The van der Waals surface area contributed by atoms with Gasteiger partial charge >= 0.3 is 0 Å². The summed E-state index contributed by atoms with van der Waals surface area (Å²) >= 11 is 0. The molecule has 118 valence electrons. The Morgan fingerprint density at radius 2 is 1.11 bits per heavy atom. The molecular weight excluding hydrogens is 262 g/mol. The van der Waals surface area contributed by atoms with Crippen molar-refractivity contribution in [2.75, 3.05) is 33.0 Å². The molecule has 0 aromatic rings. The van der Waals surface area contributed by atoms with Gasteiger partial charge in [-0.05, 0) is 38.9 Å². The first-order valence-electron chi connectivity index (χ1n) is 7.39. The zero-order valence-electron chi connectivity index (χ0n) is 13.4. The van der Waals surface area contributed by atoms with Gasteiger partial charge in [-0.1, -0.05) is 40.0 Å². The van der Waals surface area contributed by atoms with E-state index >= 15 is 0 Å². The van der Waals surface area contributed by atoms with Gasteiger partial charge in [0.05, 0.1) is 13.4 Å². The van der Waals surface area contributed by atoms with Crippen LogP contribution in [0.25, 0.3) is 0 Å². The van der Waals surface area contributed by atoms with Gasteiger partial charge in [0, 0.05) is 0 Å². The Balaban J connectivity index is 0. The highest BCUT2D eigenvalue weighted by atomic mass is 32.2. The fourth-order valence-corrected chi connectivity index (χ4v) is 1.48. The third-order valence-electron chi connectivity index (χ3n) is 2.79. The third kappa shape index (κ3) is 20.4. The molecule has 0 fully saturated rings. The maximum atomic E-state index is 9.78. The molecule has 0 spiro atoms. The molecule has 19 heavy (non-hydrogen) atoms. The maximum Gasteiger partial charge on any atom is 0.264 e. The van der Waals surface area contributed by atoms with Crippen LogP contribution >= 0.6 is 0 Å². The molecule has 0 saturated carbocycles. The molecule has 0 N–H and O–H groups in total. The normalized spacial score (nSPS) is 11.3. The second kappa shape index (κ2) is 14.3. The Morgan fingerprint density at radius 3 is 1.26 bits per heavy atom. The van der Waals surface area contributed by atoms with Gasteiger partial charge in [0.2, 0.25) is 0 Å². The highest BCUT2D eigenvalue weighted by molar-refractivity contribution is 7.85. The minimum atomic E-state index is -3.16. The van der Waals surface area contributed by atoms with Crippen molar-refractivity contribution in [3.05, 3.63) is 0 Å². The molecule has 0 unspecified atom stereocenters. The molecule has 0 heterocycles. The Bertz CT molecular complexity index is 247. The number of unbranched alkanes of at least 4 members (excludes halogenated alkanes) is 3. The predicted molar refractivity (Wildman–Crippen MR) is 83.0 cm³/mol. The summed E-state index contributed by atoms with van der Waals surface area (Å²) in [4.78, 5) is 2.64. The number of hydrogen-bond donors (Lipinski definition) is 0. The van der Waals surface area contributed by atoms with Gasteiger partial charge in [0.1, 0.15) is 0 Å². The second-order valence-corrected chi connectivity index (χ2v) is 6.51. The Hall–Kier alpha value is -0.130. The van der Waals surface area contributed by atoms with Crippen molar-refractivity contribution >= 4 is 10.1 Å². The van der Waals surface area contributed by atoms with Crippen LogP contribution in [0.5, 0.6) is 0 Å². The average Bonchev–Trinajstić information content (AvgIpc) is 2.38. The molecule has 0 rings (SSSR count). The van der Waals surface area contributed by atoms with E-state index in [4.69, 9.17) is 0 Å². The van der Waals surface area contributed by atoms with Gasteiger partial charge in [0.25, 0.3) is 10.1 Å². The zero-order chi connectivity index (χ0) is 15.1. The van der Waals surface area contributed by atoms with Crippen molar-refractivity contribution in [3.63, 3.8) is 0 Å². The fraction of sp³-hybridized carbons (Fsp3) is 1.00. The van der Waals surface area contributed by atoms with Crippen molar-refractivity contribution in [2.24, 2.45) is 0 Å². The van der Waals surface area contributed by atoms with Crippen LogP contribution in [0, 0.1) is 0 Å². The van der Waals surface area contributed by atoms with Crippen LogP contribution < -0.4 is 0 Å². The fourth-order valence-electron chi connectivity index (χ4n) is 1.48. The van der Waals surface area contributed by atoms with Gasteiger partial charge in [-0.2, -0.15) is 8.42 Å². The summed E-state index contributed by atoms with van der Waals surface area (Å²) in [6.07, 6.45) is 9.08. The summed E-state index contributed by atoms with van der Waals surface area (Å²) in [5.74, 6) is 0. The van der Waals surface area contributed by atoms with E-state index in [-0.39, 0.29) is 0 Å². The highest BCUT2D eigenvalue weighted by Gasteiger charge is 2.01. The minimum absolute atomic E-state index is 0.993. The molecular formula is C14H33NO3S. The number of nitrogens with zero attached hydrogens (tertiary/aromatic N) is 1. The van der Waals surface area contributed by atoms with Crippen molar-refractivity contribution in [2.45, 2.75) is 59.3 Å². The van der Waals surface area contributed by atoms with Crippen molar-refractivity contribution in [1.29, 1.82) is 0 Å². The molecule has 0 aliphatic carbocycles. The first kappa shape index (κ1) is 21.2. The summed E-state index contributed by atoms with van der Waals surface area (Å²) in [7, 11) is -2.04. The first-order chi connectivity index (χ1) is 8.91. The molecule has 4 nitrogen and oxygen atoms in total. The summed E-state index contributed by atoms with van der Waals surface area (Å²) in [5.41, 5.74) is 0. The van der Waals surface area contributed by atoms with E-state index in [1.165, 1.54) is 58.2 Å². The van der Waals surface area contributed by atoms with Crippen molar-refractivity contribution in [1.82, 2.24) is 4.90 Å². The molecule has 0 aromatic carbocycles. The van der Waals surface area contributed by atoms with Crippen LogP contribution in [-0.2, 0) is 14.3 Å². The van der Waals surface area contributed by atoms with Crippen LogP contribution in [0.1, 0.15) is 59.3 Å². The Labute approximate surface area is 120 Å². The van der Waals surface area contributed by atoms with E-state index in [1.54, 1.807) is 0 Å². The molecule has 0 aliphatic heterocycles. The van der Waals surface area contributed by atoms with E-state index in [9.17, 15) is 8.42 Å². The van der Waals surface area contributed by atoms with Crippen LogP contribution in [0.4, 0.5) is 0 Å². The highest BCUT2D eigenvalue weighted by Crippen LogP contribution is 2.01. The van der Waals surface area contributed by atoms with Crippen LogP contribution in [0.3, 0.4) is 0 Å². The maximum absolute atomic E-state index is 9.78. The lowest BCUT2D eigenvalue weighted by molar-refractivity contribution is 0.261. The van der Waals surface area contributed by atoms with E-state index < -0.39 is 10.1 Å². The largest absolute Gasteiger partial charge is 0.303 e. The molecule has 0 saturated heterocycles. The van der Waals surface area contributed by atoms with E-state index in [0.29, 0.717) is 0 Å².